The summed E-state index contributed by atoms with van der Waals surface area (Å²) in [6, 6.07) is 15.4. The first-order valence-corrected chi connectivity index (χ1v) is 8.70. The Morgan fingerprint density at radius 2 is 1.83 bits per heavy atom. The molecule has 0 aliphatic rings. The molecule has 0 aliphatic carbocycles. The van der Waals surface area contributed by atoms with Crippen molar-refractivity contribution in [3.8, 4) is 0 Å². The fourth-order valence-corrected chi connectivity index (χ4v) is 3.18. The summed E-state index contributed by atoms with van der Waals surface area (Å²) in [4.78, 5) is 16.6. The van der Waals surface area contributed by atoms with Gasteiger partial charge in [-0.2, -0.15) is 0 Å². The number of fused-ring (bicyclic) bond motifs is 1. The van der Waals surface area contributed by atoms with Crippen molar-refractivity contribution in [2.45, 2.75) is 11.8 Å². The van der Waals surface area contributed by atoms with Crippen LogP contribution in [0.4, 0.5) is 5.69 Å². The van der Waals surface area contributed by atoms with Crippen LogP contribution in [-0.2, 0) is 10.0 Å². The largest absolute Gasteiger partial charge is 0.321 e. The fourth-order valence-electron chi connectivity index (χ4n) is 2.37. The topological polar surface area (TPSA) is 102 Å². The standard InChI is InChI=1S/C17H15N3O3S/c1-11-6-8-13(10-16(11)24(18,22)23)19-17(21)15-9-7-12-4-2-3-5-14(12)20-15/h2-10H,1H3,(H,19,21)(H2,18,22,23). The number of amides is 1. The predicted molar refractivity (Wildman–Crippen MR) is 92.2 cm³/mol. The number of hydrogen-bond donors (Lipinski definition) is 2. The van der Waals surface area contributed by atoms with Gasteiger partial charge < -0.3 is 5.32 Å². The Morgan fingerprint density at radius 3 is 2.58 bits per heavy atom. The zero-order valence-corrected chi connectivity index (χ0v) is 13.7. The second-order valence-electron chi connectivity index (χ2n) is 5.37. The van der Waals surface area contributed by atoms with Crippen LogP contribution in [0.1, 0.15) is 16.1 Å². The summed E-state index contributed by atoms with van der Waals surface area (Å²) in [5.74, 6) is -0.426. The lowest BCUT2D eigenvalue weighted by molar-refractivity contribution is 0.102. The summed E-state index contributed by atoms with van der Waals surface area (Å²) in [5, 5.41) is 8.75. The quantitative estimate of drug-likeness (QED) is 0.764. The third kappa shape index (κ3) is 3.27. The van der Waals surface area contributed by atoms with E-state index >= 15 is 0 Å². The lowest BCUT2D eigenvalue weighted by Gasteiger charge is -2.09. The number of pyridine rings is 1. The van der Waals surface area contributed by atoms with Gasteiger partial charge in [-0.1, -0.05) is 30.3 Å². The normalized spacial score (nSPS) is 11.4. The van der Waals surface area contributed by atoms with E-state index in [4.69, 9.17) is 5.14 Å². The number of nitrogens with one attached hydrogen (secondary N) is 1. The summed E-state index contributed by atoms with van der Waals surface area (Å²) in [6.07, 6.45) is 0. The number of primary sulfonamides is 1. The Morgan fingerprint density at radius 1 is 1.08 bits per heavy atom. The van der Waals surface area contributed by atoms with E-state index in [0.717, 1.165) is 5.39 Å². The molecule has 0 atom stereocenters. The van der Waals surface area contributed by atoms with Gasteiger partial charge in [0.25, 0.3) is 5.91 Å². The van der Waals surface area contributed by atoms with E-state index in [1.807, 2.05) is 30.3 Å². The van der Waals surface area contributed by atoms with Crippen LogP contribution < -0.4 is 10.5 Å². The molecule has 0 saturated heterocycles. The second-order valence-corrected chi connectivity index (χ2v) is 6.90. The molecule has 0 radical (unpaired) electrons. The first-order chi connectivity index (χ1) is 11.3. The van der Waals surface area contributed by atoms with Gasteiger partial charge in [-0.15, -0.1) is 0 Å². The first kappa shape index (κ1) is 16.1. The van der Waals surface area contributed by atoms with Gasteiger partial charge in [0.2, 0.25) is 10.0 Å². The van der Waals surface area contributed by atoms with Crippen molar-refractivity contribution in [1.29, 1.82) is 0 Å². The third-order valence-corrected chi connectivity index (χ3v) is 4.64. The van der Waals surface area contributed by atoms with Crippen LogP contribution in [0.2, 0.25) is 0 Å². The molecule has 1 amide bonds. The van der Waals surface area contributed by atoms with E-state index in [1.54, 1.807) is 25.1 Å². The van der Waals surface area contributed by atoms with Crippen molar-refractivity contribution >= 4 is 32.5 Å². The van der Waals surface area contributed by atoms with Crippen molar-refractivity contribution in [2.75, 3.05) is 5.32 Å². The third-order valence-electron chi connectivity index (χ3n) is 3.58. The van der Waals surface area contributed by atoms with Crippen LogP contribution >= 0.6 is 0 Å². The van der Waals surface area contributed by atoms with Gasteiger partial charge in [-0.3, -0.25) is 4.79 Å². The molecular formula is C17H15N3O3S. The molecule has 24 heavy (non-hydrogen) atoms. The van der Waals surface area contributed by atoms with E-state index < -0.39 is 15.9 Å². The Hall–Kier alpha value is -2.77. The van der Waals surface area contributed by atoms with Crippen LogP contribution in [0.3, 0.4) is 0 Å². The van der Waals surface area contributed by atoms with Crippen LogP contribution in [-0.4, -0.2) is 19.3 Å². The molecule has 0 unspecified atom stereocenters. The number of aryl methyl sites for hydroxylation is 1. The molecule has 1 heterocycles. The molecule has 2 aromatic carbocycles. The summed E-state index contributed by atoms with van der Waals surface area (Å²) in [6.45, 7) is 1.64. The van der Waals surface area contributed by atoms with E-state index in [2.05, 4.69) is 10.3 Å². The first-order valence-electron chi connectivity index (χ1n) is 7.15. The highest BCUT2D eigenvalue weighted by molar-refractivity contribution is 7.89. The minimum absolute atomic E-state index is 0.0215. The average Bonchev–Trinajstić information content (AvgIpc) is 2.55. The summed E-state index contributed by atoms with van der Waals surface area (Å²) < 4.78 is 23.1. The number of nitrogens with zero attached hydrogens (tertiary/aromatic N) is 1. The number of hydrogen-bond acceptors (Lipinski definition) is 4. The minimum Gasteiger partial charge on any atom is -0.321 e. The Kier molecular flexibility index (Phi) is 4.04. The number of anilines is 1. The molecule has 3 N–H and O–H groups in total. The molecule has 7 heteroatoms. The number of carbonyl (C=O) groups excluding carboxylic acids is 1. The minimum atomic E-state index is -3.85. The van der Waals surface area contributed by atoms with Crippen molar-refractivity contribution in [1.82, 2.24) is 4.98 Å². The van der Waals surface area contributed by atoms with Crippen molar-refractivity contribution in [3.63, 3.8) is 0 Å². The number of nitrogens with two attached hydrogens (primary N) is 1. The lowest BCUT2D eigenvalue weighted by atomic mass is 10.2. The van der Waals surface area contributed by atoms with Crippen molar-refractivity contribution < 1.29 is 13.2 Å². The number of aromatic nitrogens is 1. The van der Waals surface area contributed by atoms with E-state index in [-0.39, 0.29) is 10.6 Å². The van der Waals surface area contributed by atoms with E-state index in [9.17, 15) is 13.2 Å². The van der Waals surface area contributed by atoms with Gasteiger partial charge in [-0.05, 0) is 36.8 Å². The van der Waals surface area contributed by atoms with E-state index in [0.29, 0.717) is 16.8 Å². The Labute approximate surface area is 139 Å². The van der Waals surface area contributed by atoms with Crippen LogP contribution in [0.25, 0.3) is 10.9 Å². The Balaban J connectivity index is 1.91. The number of sulfonamides is 1. The van der Waals surface area contributed by atoms with E-state index in [1.165, 1.54) is 6.07 Å². The van der Waals surface area contributed by atoms with Gasteiger partial charge in [0.05, 0.1) is 10.4 Å². The predicted octanol–water partition coefficient (Wildman–Crippen LogP) is 2.44. The molecule has 1 aromatic heterocycles. The molecular weight excluding hydrogens is 326 g/mol. The number of benzene rings is 2. The monoisotopic (exact) mass is 341 g/mol. The molecule has 0 bridgehead atoms. The summed E-state index contributed by atoms with van der Waals surface area (Å²) in [7, 11) is -3.85. The van der Waals surface area contributed by atoms with Gasteiger partial charge in [-0.25, -0.2) is 18.5 Å². The second kappa shape index (κ2) is 6.03. The maximum absolute atomic E-state index is 12.3. The highest BCUT2D eigenvalue weighted by Gasteiger charge is 2.14. The average molecular weight is 341 g/mol. The van der Waals surface area contributed by atoms with Crippen LogP contribution in [0.5, 0.6) is 0 Å². The summed E-state index contributed by atoms with van der Waals surface area (Å²) >= 11 is 0. The lowest BCUT2D eigenvalue weighted by Crippen LogP contribution is -2.16. The van der Waals surface area contributed by atoms with Gasteiger partial charge in [0.1, 0.15) is 5.69 Å². The maximum Gasteiger partial charge on any atom is 0.274 e. The van der Waals surface area contributed by atoms with Gasteiger partial charge in [0, 0.05) is 11.1 Å². The van der Waals surface area contributed by atoms with Gasteiger partial charge in [0.15, 0.2) is 0 Å². The summed E-state index contributed by atoms with van der Waals surface area (Å²) in [5.41, 5.74) is 1.80. The molecule has 3 aromatic rings. The number of carbonyl (C=O) groups is 1. The van der Waals surface area contributed by atoms with Crippen LogP contribution in [0.15, 0.2) is 59.5 Å². The molecule has 3 rings (SSSR count). The Bertz CT molecular complexity index is 1050. The van der Waals surface area contributed by atoms with Crippen LogP contribution in [0, 0.1) is 6.92 Å². The number of rotatable bonds is 3. The zero-order chi connectivity index (χ0) is 17.3. The molecule has 0 fully saturated rings. The molecule has 0 saturated carbocycles. The van der Waals surface area contributed by atoms with Gasteiger partial charge >= 0.3 is 0 Å². The molecule has 0 spiro atoms. The fraction of sp³-hybridized carbons (Fsp3) is 0.0588. The highest BCUT2D eigenvalue weighted by Crippen LogP contribution is 2.20. The number of para-hydroxylation sites is 1. The molecule has 0 aliphatic heterocycles. The smallest absolute Gasteiger partial charge is 0.274 e. The zero-order valence-electron chi connectivity index (χ0n) is 12.9. The van der Waals surface area contributed by atoms with Crippen molar-refractivity contribution in [2.24, 2.45) is 5.14 Å². The SMILES string of the molecule is Cc1ccc(NC(=O)c2ccc3ccccc3n2)cc1S(N)(=O)=O. The highest BCUT2D eigenvalue weighted by atomic mass is 32.2. The molecule has 122 valence electrons. The maximum atomic E-state index is 12.3. The molecule has 6 nitrogen and oxygen atoms in total. The van der Waals surface area contributed by atoms with Crippen molar-refractivity contribution in [3.05, 3.63) is 65.9 Å².